The highest BCUT2D eigenvalue weighted by molar-refractivity contribution is 9.10. The molecule has 74 valence electrons. The summed E-state index contributed by atoms with van der Waals surface area (Å²) >= 11 is 9.23. The molecule has 0 heterocycles. The predicted octanol–water partition coefficient (Wildman–Crippen LogP) is 3.93. The minimum Gasteiger partial charge on any atom is -0.372 e. The zero-order valence-corrected chi connectivity index (χ0v) is 10.2. The second-order valence-electron chi connectivity index (χ2n) is 2.90. The van der Waals surface area contributed by atoms with Gasteiger partial charge in [0.25, 0.3) is 0 Å². The molecule has 0 amide bonds. The molecule has 0 radical (unpaired) electrons. The summed E-state index contributed by atoms with van der Waals surface area (Å²) in [5.41, 5.74) is 0.978. The highest BCUT2D eigenvalue weighted by Crippen LogP contribution is 2.25. The maximum Gasteiger partial charge on any atom is 0.0871 e. The van der Waals surface area contributed by atoms with Crippen LogP contribution in [0.15, 0.2) is 22.7 Å². The SMILES string of the molecule is C#CC(CC)Nc1ccc(Cl)c(Br)c1. The number of benzene rings is 1. The summed E-state index contributed by atoms with van der Waals surface area (Å²) in [6.45, 7) is 2.04. The fraction of sp³-hybridized carbons (Fsp3) is 0.273. The fourth-order valence-corrected chi connectivity index (χ4v) is 1.55. The van der Waals surface area contributed by atoms with Crippen molar-refractivity contribution in [2.75, 3.05) is 5.32 Å². The Bertz CT molecular complexity index is 357. The maximum atomic E-state index is 5.87. The van der Waals surface area contributed by atoms with Crippen molar-refractivity contribution in [3.05, 3.63) is 27.7 Å². The largest absolute Gasteiger partial charge is 0.372 e. The molecule has 1 rings (SSSR count). The Morgan fingerprint density at radius 2 is 2.36 bits per heavy atom. The van der Waals surface area contributed by atoms with Gasteiger partial charge < -0.3 is 5.32 Å². The van der Waals surface area contributed by atoms with Gasteiger partial charge in [-0.1, -0.05) is 24.4 Å². The average Bonchev–Trinajstić information content (AvgIpc) is 2.19. The number of hydrogen-bond acceptors (Lipinski definition) is 1. The van der Waals surface area contributed by atoms with Gasteiger partial charge in [-0.2, -0.15) is 0 Å². The first-order valence-electron chi connectivity index (χ1n) is 4.35. The Kier molecular flexibility index (Phi) is 4.31. The predicted molar refractivity (Wildman–Crippen MR) is 65.7 cm³/mol. The van der Waals surface area contributed by atoms with Crippen LogP contribution in [0.25, 0.3) is 0 Å². The van der Waals surface area contributed by atoms with Crippen LogP contribution >= 0.6 is 27.5 Å². The van der Waals surface area contributed by atoms with Gasteiger partial charge in [0.15, 0.2) is 0 Å². The van der Waals surface area contributed by atoms with E-state index < -0.39 is 0 Å². The second-order valence-corrected chi connectivity index (χ2v) is 4.16. The fourth-order valence-electron chi connectivity index (χ4n) is 1.05. The molecule has 1 unspecified atom stereocenters. The van der Waals surface area contributed by atoms with Crippen LogP contribution in [0.3, 0.4) is 0 Å². The van der Waals surface area contributed by atoms with Gasteiger partial charge in [0.2, 0.25) is 0 Å². The van der Waals surface area contributed by atoms with Gasteiger partial charge >= 0.3 is 0 Å². The van der Waals surface area contributed by atoms with Crippen LogP contribution in [0.1, 0.15) is 13.3 Å². The number of nitrogens with one attached hydrogen (secondary N) is 1. The van der Waals surface area contributed by atoms with E-state index >= 15 is 0 Å². The first kappa shape index (κ1) is 11.4. The molecule has 0 aliphatic carbocycles. The number of anilines is 1. The lowest BCUT2D eigenvalue weighted by molar-refractivity contribution is 0.858. The standard InChI is InChI=1S/C11H11BrClN/c1-3-8(4-2)14-9-5-6-11(13)10(12)7-9/h1,5-8,14H,4H2,2H3. The summed E-state index contributed by atoms with van der Waals surface area (Å²) in [6, 6.07) is 5.73. The van der Waals surface area contributed by atoms with E-state index in [4.69, 9.17) is 18.0 Å². The molecule has 0 bridgehead atoms. The molecule has 0 aromatic heterocycles. The van der Waals surface area contributed by atoms with E-state index in [-0.39, 0.29) is 6.04 Å². The molecule has 0 aliphatic heterocycles. The molecule has 0 saturated carbocycles. The van der Waals surface area contributed by atoms with E-state index in [1.807, 2.05) is 25.1 Å². The van der Waals surface area contributed by atoms with Crippen LogP contribution < -0.4 is 5.32 Å². The van der Waals surface area contributed by atoms with Crippen LogP contribution in [0.2, 0.25) is 5.02 Å². The van der Waals surface area contributed by atoms with Crippen LogP contribution in [0, 0.1) is 12.3 Å². The Morgan fingerprint density at radius 1 is 1.64 bits per heavy atom. The molecule has 1 nitrogen and oxygen atoms in total. The minimum atomic E-state index is 0.0723. The van der Waals surface area contributed by atoms with Crippen molar-refractivity contribution in [3.63, 3.8) is 0 Å². The highest BCUT2D eigenvalue weighted by atomic mass is 79.9. The van der Waals surface area contributed by atoms with Crippen LogP contribution in [0.4, 0.5) is 5.69 Å². The lowest BCUT2D eigenvalue weighted by Crippen LogP contribution is -2.15. The molecule has 1 atom stereocenters. The van der Waals surface area contributed by atoms with E-state index in [0.29, 0.717) is 5.02 Å². The summed E-state index contributed by atoms with van der Waals surface area (Å²) in [7, 11) is 0. The Labute approximate surface area is 98.0 Å². The van der Waals surface area contributed by atoms with Crippen LogP contribution in [-0.4, -0.2) is 6.04 Å². The third-order valence-electron chi connectivity index (χ3n) is 1.87. The first-order valence-corrected chi connectivity index (χ1v) is 5.52. The van der Waals surface area contributed by atoms with Gasteiger partial charge in [-0.25, -0.2) is 0 Å². The van der Waals surface area contributed by atoms with Crippen molar-refractivity contribution in [2.45, 2.75) is 19.4 Å². The van der Waals surface area contributed by atoms with Crippen molar-refractivity contribution in [3.8, 4) is 12.3 Å². The number of terminal acetylenes is 1. The Balaban J connectivity index is 2.78. The van der Waals surface area contributed by atoms with E-state index in [1.165, 1.54) is 0 Å². The molecule has 14 heavy (non-hydrogen) atoms. The molecule has 1 N–H and O–H groups in total. The zero-order valence-electron chi connectivity index (χ0n) is 7.85. The highest BCUT2D eigenvalue weighted by Gasteiger charge is 2.03. The molecule has 0 saturated heterocycles. The van der Waals surface area contributed by atoms with Gasteiger partial charge in [0.1, 0.15) is 0 Å². The normalized spacial score (nSPS) is 11.9. The van der Waals surface area contributed by atoms with Crippen molar-refractivity contribution in [2.24, 2.45) is 0 Å². The number of hydrogen-bond donors (Lipinski definition) is 1. The molecule has 1 aromatic carbocycles. The quantitative estimate of drug-likeness (QED) is 0.822. The third kappa shape index (κ3) is 2.94. The van der Waals surface area contributed by atoms with E-state index in [2.05, 4.69) is 27.2 Å². The maximum absolute atomic E-state index is 5.87. The Morgan fingerprint density at radius 3 is 2.86 bits per heavy atom. The third-order valence-corrected chi connectivity index (χ3v) is 3.08. The van der Waals surface area contributed by atoms with E-state index in [1.54, 1.807) is 0 Å². The van der Waals surface area contributed by atoms with Gasteiger partial charge in [-0.05, 0) is 40.5 Å². The summed E-state index contributed by atoms with van der Waals surface area (Å²) in [5, 5.41) is 3.92. The van der Waals surface area contributed by atoms with E-state index in [0.717, 1.165) is 16.6 Å². The number of halogens is 2. The average molecular weight is 273 g/mol. The lowest BCUT2D eigenvalue weighted by atomic mass is 10.2. The van der Waals surface area contributed by atoms with Gasteiger partial charge in [0.05, 0.1) is 11.1 Å². The monoisotopic (exact) mass is 271 g/mol. The second kappa shape index (κ2) is 5.29. The molecular formula is C11H11BrClN. The van der Waals surface area contributed by atoms with Crippen molar-refractivity contribution in [1.82, 2.24) is 0 Å². The summed E-state index contributed by atoms with van der Waals surface area (Å²) in [6.07, 6.45) is 6.25. The van der Waals surface area contributed by atoms with Gasteiger partial charge in [-0.15, -0.1) is 6.42 Å². The van der Waals surface area contributed by atoms with Crippen molar-refractivity contribution >= 4 is 33.2 Å². The van der Waals surface area contributed by atoms with Crippen LogP contribution in [0.5, 0.6) is 0 Å². The number of rotatable bonds is 3. The summed E-state index contributed by atoms with van der Waals surface area (Å²) in [4.78, 5) is 0. The Hall–Kier alpha value is -0.650. The minimum absolute atomic E-state index is 0.0723. The van der Waals surface area contributed by atoms with Crippen LogP contribution in [-0.2, 0) is 0 Å². The summed E-state index contributed by atoms with van der Waals surface area (Å²) in [5.74, 6) is 2.67. The molecule has 1 aromatic rings. The zero-order chi connectivity index (χ0) is 10.6. The van der Waals surface area contributed by atoms with Gasteiger partial charge in [-0.3, -0.25) is 0 Å². The molecule has 0 fully saturated rings. The van der Waals surface area contributed by atoms with Crippen molar-refractivity contribution < 1.29 is 0 Å². The topological polar surface area (TPSA) is 12.0 Å². The van der Waals surface area contributed by atoms with Gasteiger partial charge in [0, 0.05) is 10.2 Å². The molecular weight excluding hydrogens is 261 g/mol. The molecule has 0 spiro atoms. The van der Waals surface area contributed by atoms with E-state index in [9.17, 15) is 0 Å². The summed E-state index contributed by atoms with van der Waals surface area (Å²) < 4.78 is 0.871. The van der Waals surface area contributed by atoms with Crippen molar-refractivity contribution in [1.29, 1.82) is 0 Å². The molecule has 0 aliphatic rings. The smallest absolute Gasteiger partial charge is 0.0871 e. The first-order chi connectivity index (χ1) is 6.67. The molecule has 3 heteroatoms. The lowest BCUT2D eigenvalue weighted by Gasteiger charge is -2.12.